The van der Waals surface area contributed by atoms with Crippen LogP contribution in [-0.4, -0.2) is 40.1 Å². The topological polar surface area (TPSA) is 110 Å². The van der Waals surface area contributed by atoms with Crippen LogP contribution >= 0.6 is 11.3 Å². The number of hydrogen-bond donors (Lipinski definition) is 1. The molecule has 1 fully saturated rings. The third-order valence-electron chi connectivity index (χ3n) is 8.28. The first kappa shape index (κ1) is 31.8. The number of nitrogens with one attached hydrogen (secondary N) is 1. The Hall–Kier alpha value is -2.74. The maximum atomic E-state index is 13.4. The highest BCUT2D eigenvalue weighted by atomic mass is 32.1. The zero-order chi connectivity index (χ0) is 29.6. The summed E-state index contributed by atoms with van der Waals surface area (Å²) in [6.45, 7) is 11.0. The average molecular weight is 569 g/mol. The molecule has 1 amide bonds. The van der Waals surface area contributed by atoms with Crippen LogP contribution in [0, 0.1) is 29.1 Å². The van der Waals surface area contributed by atoms with Crippen LogP contribution in [0.15, 0.2) is 23.7 Å². The zero-order valence-corrected chi connectivity index (χ0v) is 25.6. The molecule has 7 nitrogen and oxygen atoms in total. The van der Waals surface area contributed by atoms with E-state index in [0.717, 1.165) is 35.9 Å². The highest BCUT2D eigenvalue weighted by Gasteiger charge is 2.36. The molecule has 1 aliphatic carbocycles. The number of ketones is 4. The van der Waals surface area contributed by atoms with Crippen LogP contribution in [-0.2, 0) is 19.2 Å². The monoisotopic (exact) mass is 568 g/mol. The fourth-order valence-electron chi connectivity index (χ4n) is 5.50. The Morgan fingerprint density at radius 2 is 1.68 bits per heavy atom. The van der Waals surface area contributed by atoms with Crippen LogP contribution in [0.25, 0.3) is 10.2 Å². The van der Waals surface area contributed by atoms with Crippen molar-refractivity contribution in [3.05, 3.63) is 29.3 Å². The SMILES string of the molecule is CC(C)[C@H](CC(=O)[C@H](C)NC(=O)[C@@H](CC(=O)c1ccc2ncsc2c1)C(C)(C)C)C(=O)C(=O)CC1CCCCC1. The molecule has 0 saturated heterocycles. The van der Waals surface area contributed by atoms with Gasteiger partial charge in [-0.3, -0.25) is 24.0 Å². The Bertz CT molecular complexity index is 1240. The molecule has 1 N–H and O–H groups in total. The van der Waals surface area contributed by atoms with Crippen molar-refractivity contribution in [3.63, 3.8) is 0 Å². The molecule has 40 heavy (non-hydrogen) atoms. The van der Waals surface area contributed by atoms with Gasteiger partial charge in [0.05, 0.1) is 27.7 Å². The number of thiazole rings is 1. The lowest BCUT2D eigenvalue weighted by Gasteiger charge is -2.30. The zero-order valence-electron chi connectivity index (χ0n) is 24.7. The highest BCUT2D eigenvalue weighted by molar-refractivity contribution is 7.16. The van der Waals surface area contributed by atoms with Gasteiger partial charge in [-0.25, -0.2) is 4.98 Å². The van der Waals surface area contributed by atoms with Gasteiger partial charge >= 0.3 is 0 Å². The summed E-state index contributed by atoms with van der Waals surface area (Å²) in [6, 6.07) is 4.49. The van der Waals surface area contributed by atoms with Gasteiger partial charge in [-0.15, -0.1) is 11.3 Å². The van der Waals surface area contributed by atoms with Crippen molar-refractivity contribution in [1.29, 1.82) is 0 Å². The lowest BCUT2D eigenvalue weighted by Crippen LogP contribution is -2.46. The molecule has 0 unspecified atom stereocenters. The molecular formula is C32H44N2O5S. The quantitative estimate of drug-likeness (QED) is 0.222. The fourth-order valence-corrected chi connectivity index (χ4v) is 6.22. The van der Waals surface area contributed by atoms with Crippen molar-refractivity contribution in [1.82, 2.24) is 10.3 Å². The van der Waals surface area contributed by atoms with E-state index in [1.807, 2.05) is 34.6 Å². The maximum Gasteiger partial charge on any atom is 0.224 e. The van der Waals surface area contributed by atoms with Crippen molar-refractivity contribution in [3.8, 4) is 0 Å². The lowest BCUT2D eigenvalue weighted by atomic mass is 9.76. The van der Waals surface area contributed by atoms with Gasteiger partial charge < -0.3 is 5.32 Å². The van der Waals surface area contributed by atoms with Gasteiger partial charge in [-0.2, -0.15) is 0 Å². The minimum absolute atomic E-state index is 0.00330. The summed E-state index contributed by atoms with van der Waals surface area (Å²) in [5, 5.41) is 2.80. The number of hydrogen-bond acceptors (Lipinski definition) is 7. The number of aromatic nitrogens is 1. The normalized spacial score (nSPS) is 16.9. The van der Waals surface area contributed by atoms with E-state index >= 15 is 0 Å². The van der Waals surface area contributed by atoms with Crippen molar-refractivity contribution >= 4 is 50.6 Å². The number of benzene rings is 1. The van der Waals surface area contributed by atoms with E-state index in [1.165, 1.54) is 17.8 Å². The smallest absolute Gasteiger partial charge is 0.224 e. The third-order valence-corrected chi connectivity index (χ3v) is 9.07. The van der Waals surface area contributed by atoms with Crippen molar-refractivity contribution in [2.24, 2.45) is 29.1 Å². The summed E-state index contributed by atoms with van der Waals surface area (Å²) in [4.78, 5) is 69.8. The van der Waals surface area contributed by atoms with Crippen molar-refractivity contribution in [2.45, 2.75) is 99.0 Å². The number of nitrogens with zero attached hydrogens (tertiary/aromatic N) is 1. The fraction of sp³-hybridized carbons (Fsp3) is 0.625. The minimum Gasteiger partial charge on any atom is -0.346 e. The largest absolute Gasteiger partial charge is 0.346 e. The molecule has 0 radical (unpaired) electrons. The summed E-state index contributed by atoms with van der Waals surface area (Å²) < 4.78 is 0.910. The van der Waals surface area contributed by atoms with Crippen molar-refractivity contribution in [2.75, 3.05) is 0 Å². The molecule has 0 aliphatic heterocycles. The Morgan fingerprint density at radius 1 is 1.00 bits per heavy atom. The highest BCUT2D eigenvalue weighted by Crippen LogP contribution is 2.32. The maximum absolute atomic E-state index is 13.4. The molecule has 0 bridgehead atoms. The molecule has 1 aliphatic rings. The predicted molar refractivity (Wildman–Crippen MR) is 158 cm³/mol. The molecule has 1 heterocycles. The van der Waals surface area contributed by atoms with E-state index in [4.69, 9.17) is 0 Å². The molecule has 3 atom stereocenters. The minimum atomic E-state index is -0.844. The van der Waals surface area contributed by atoms with Crippen molar-refractivity contribution < 1.29 is 24.0 Å². The van der Waals surface area contributed by atoms with Gasteiger partial charge in [0.25, 0.3) is 0 Å². The van der Waals surface area contributed by atoms with Crippen LogP contribution in [0.2, 0.25) is 0 Å². The second kappa shape index (κ2) is 13.7. The van der Waals surface area contributed by atoms with Crippen LogP contribution in [0.1, 0.15) is 103 Å². The summed E-state index contributed by atoms with van der Waals surface area (Å²) in [6.07, 6.45) is 5.49. The van der Waals surface area contributed by atoms with E-state index in [2.05, 4.69) is 10.3 Å². The standard InChI is InChI=1S/C32H44N2O5S/c1-19(2)23(30(38)28(37)14-21-10-8-7-9-11-21)16-26(35)20(3)34-31(39)24(32(4,5)6)17-27(36)22-12-13-25-29(15-22)40-18-33-25/h12-13,15,18-21,23-24H,7-11,14,16-17H2,1-6H3,(H,34,39)/t20-,23-,24+/m0/s1. The van der Waals surface area contributed by atoms with E-state index in [0.29, 0.717) is 5.56 Å². The number of rotatable bonds is 13. The third kappa shape index (κ3) is 8.38. The summed E-state index contributed by atoms with van der Waals surface area (Å²) >= 11 is 1.45. The second-order valence-corrected chi connectivity index (χ2v) is 13.7. The van der Waals surface area contributed by atoms with Gasteiger partial charge in [0.15, 0.2) is 17.3 Å². The Kier molecular flexibility index (Phi) is 10.9. The Balaban J connectivity index is 1.63. The van der Waals surface area contributed by atoms with E-state index in [9.17, 15) is 24.0 Å². The number of fused-ring (bicyclic) bond motifs is 1. The molecule has 218 valence electrons. The average Bonchev–Trinajstić information content (AvgIpc) is 3.37. The second-order valence-electron chi connectivity index (χ2n) is 12.8. The van der Waals surface area contributed by atoms with E-state index in [1.54, 1.807) is 30.6 Å². The van der Waals surface area contributed by atoms with Gasteiger partial charge in [0.2, 0.25) is 11.7 Å². The first-order chi connectivity index (χ1) is 18.8. The van der Waals surface area contributed by atoms with E-state index < -0.39 is 29.1 Å². The summed E-state index contributed by atoms with van der Waals surface area (Å²) in [5.41, 5.74) is 2.55. The Morgan fingerprint density at radius 3 is 2.30 bits per heavy atom. The predicted octanol–water partition coefficient (Wildman–Crippen LogP) is 6.38. The van der Waals surface area contributed by atoms with Crippen LogP contribution < -0.4 is 5.32 Å². The molecule has 1 saturated carbocycles. The van der Waals surface area contributed by atoms with Crippen LogP contribution in [0.3, 0.4) is 0 Å². The number of amides is 1. The molecular weight excluding hydrogens is 524 g/mol. The van der Waals surface area contributed by atoms with Gasteiger partial charge in [-0.1, -0.05) is 66.7 Å². The molecule has 3 rings (SSSR count). The van der Waals surface area contributed by atoms with Crippen LogP contribution in [0.5, 0.6) is 0 Å². The summed E-state index contributed by atoms with van der Waals surface area (Å²) in [7, 11) is 0. The van der Waals surface area contributed by atoms with E-state index in [-0.39, 0.29) is 54.4 Å². The molecule has 2 aromatic rings. The van der Waals surface area contributed by atoms with Gasteiger partial charge in [0, 0.05) is 30.7 Å². The van der Waals surface area contributed by atoms with Gasteiger partial charge in [-0.05, 0) is 42.4 Å². The first-order valence-corrected chi connectivity index (χ1v) is 15.4. The van der Waals surface area contributed by atoms with Gasteiger partial charge in [0.1, 0.15) is 0 Å². The molecule has 8 heteroatoms. The molecule has 1 aromatic heterocycles. The number of carbonyl (C=O) groups is 5. The first-order valence-electron chi connectivity index (χ1n) is 14.5. The summed E-state index contributed by atoms with van der Waals surface area (Å²) in [5.74, 6) is -2.94. The lowest BCUT2D eigenvalue weighted by molar-refractivity contribution is -0.142. The molecule has 1 aromatic carbocycles. The number of Topliss-reactive ketones (excluding diaryl/α,β-unsaturated/α-hetero) is 4. The number of carbonyl (C=O) groups excluding carboxylic acids is 5. The van der Waals surface area contributed by atoms with Crippen LogP contribution in [0.4, 0.5) is 0 Å². The Labute approximate surface area is 241 Å². The molecule has 0 spiro atoms.